The van der Waals surface area contributed by atoms with Crippen LogP contribution in [0.5, 0.6) is 0 Å². The van der Waals surface area contributed by atoms with Crippen LogP contribution in [0.1, 0.15) is 44.1 Å². The van der Waals surface area contributed by atoms with Crippen LogP contribution >= 0.6 is 0 Å². The number of carbonyl (C=O) groups excluding carboxylic acids is 1. The standard InChI is InChI=1S/C17H25N3O3S/c1-14-8-7-11-16(12-14)20(24(2,22)23)13-17(21)19-18-15-9-5-3-4-6-10-15/h7-8,11-12H,3-6,9-10,13H2,1-2H3,(H,19,21). The van der Waals surface area contributed by atoms with E-state index in [-0.39, 0.29) is 6.54 Å². The predicted octanol–water partition coefficient (Wildman–Crippen LogP) is 2.59. The topological polar surface area (TPSA) is 78.8 Å². The van der Waals surface area contributed by atoms with Gasteiger partial charge in [0.05, 0.1) is 11.9 Å². The molecule has 1 aromatic carbocycles. The lowest BCUT2D eigenvalue weighted by atomic mass is 10.2. The molecule has 0 unspecified atom stereocenters. The summed E-state index contributed by atoms with van der Waals surface area (Å²) in [5, 5.41) is 4.19. The summed E-state index contributed by atoms with van der Waals surface area (Å²) in [4.78, 5) is 12.2. The van der Waals surface area contributed by atoms with Gasteiger partial charge >= 0.3 is 0 Å². The van der Waals surface area contributed by atoms with E-state index < -0.39 is 15.9 Å². The predicted molar refractivity (Wildman–Crippen MR) is 96.6 cm³/mol. The molecule has 24 heavy (non-hydrogen) atoms. The van der Waals surface area contributed by atoms with Gasteiger partial charge in [-0.3, -0.25) is 9.10 Å². The van der Waals surface area contributed by atoms with Crippen LogP contribution in [0.15, 0.2) is 29.4 Å². The molecule has 0 spiro atoms. The second-order valence-electron chi connectivity index (χ2n) is 6.24. The highest BCUT2D eigenvalue weighted by atomic mass is 32.2. The van der Waals surface area contributed by atoms with Crippen molar-refractivity contribution in [3.05, 3.63) is 29.8 Å². The Morgan fingerprint density at radius 3 is 2.46 bits per heavy atom. The van der Waals surface area contributed by atoms with E-state index in [0.29, 0.717) is 5.69 Å². The lowest BCUT2D eigenvalue weighted by molar-refractivity contribution is -0.119. The number of nitrogens with one attached hydrogen (secondary N) is 1. The molecule has 1 amide bonds. The Kier molecular flexibility index (Phi) is 6.36. The summed E-state index contributed by atoms with van der Waals surface area (Å²) in [7, 11) is -3.55. The van der Waals surface area contributed by atoms with Gasteiger partial charge in [-0.2, -0.15) is 5.10 Å². The molecule has 6 nitrogen and oxygen atoms in total. The zero-order valence-corrected chi connectivity index (χ0v) is 15.1. The average molecular weight is 351 g/mol. The van der Waals surface area contributed by atoms with Crippen LogP contribution in [-0.4, -0.2) is 32.8 Å². The normalized spacial score (nSPS) is 15.5. The molecule has 1 fully saturated rings. The molecule has 0 radical (unpaired) electrons. The van der Waals surface area contributed by atoms with Gasteiger partial charge in [-0.1, -0.05) is 25.0 Å². The minimum atomic E-state index is -3.55. The Morgan fingerprint density at radius 1 is 1.21 bits per heavy atom. The largest absolute Gasteiger partial charge is 0.271 e. The van der Waals surface area contributed by atoms with Crippen LogP contribution in [0.2, 0.25) is 0 Å². The molecule has 1 aliphatic carbocycles. The van der Waals surface area contributed by atoms with Gasteiger partial charge in [0.1, 0.15) is 6.54 Å². The van der Waals surface area contributed by atoms with Crippen LogP contribution in [0.3, 0.4) is 0 Å². The van der Waals surface area contributed by atoms with Gasteiger partial charge in [-0.05, 0) is 50.3 Å². The zero-order valence-electron chi connectivity index (χ0n) is 14.3. The minimum absolute atomic E-state index is 0.279. The summed E-state index contributed by atoms with van der Waals surface area (Å²) < 4.78 is 25.2. The van der Waals surface area contributed by atoms with Crippen molar-refractivity contribution in [3.8, 4) is 0 Å². The van der Waals surface area contributed by atoms with Gasteiger partial charge in [-0.25, -0.2) is 13.8 Å². The smallest absolute Gasteiger partial charge is 0.260 e. The third-order valence-electron chi connectivity index (χ3n) is 4.00. The van der Waals surface area contributed by atoms with E-state index in [1.807, 2.05) is 13.0 Å². The van der Waals surface area contributed by atoms with E-state index in [9.17, 15) is 13.2 Å². The monoisotopic (exact) mass is 351 g/mol. The van der Waals surface area contributed by atoms with Crippen molar-refractivity contribution in [2.75, 3.05) is 17.1 Å². The van der Waals surface area contributed by atoms with Crippen molar-refractivity contribution in [2.45, 2.75) is 45.4 Å². The molecule has 1 N–H and O–H groups in total. The van der Waals surface area contributed by atoms with Crippen molar-refractivity contribution < 1.29 is 13.2 Å². The van der Waals surface area contributed by atoms with Crippen LogP contribution in [-0.2, 0) is 14.8 Å². The van der Waals surface area contributed by atoms with E-state index in [1.165, 1.54) is 12.8 Å². The van der Waals surface area contributed by atoms with Gasteiger partial charge in [-0.15, -0.1) is 0 Å². The molecule has 1 aromatic rings. The number of rotatable bonds is 5. The maximum absolute atomic E-state index is 12.2. The number of hydrazone groups is 1. The number of aryl methyl sites for hydroxylation is 1. The second kappa shape index (κ2) is 8.28. The van der Waals surface area contributed by atoms with Gasteiger partial charge < -0.3 is 0 Å². The summed E-state index contributed by atoms with van der Waals surface area (Å²) >= 11 is 0. The van der Waals surface area contributed by atoms with Crippen molar-refractivity contribution in [2.24, 2.45) is 5.10 Å². The highest BCUT2D eigenvalue weighted by Crippen LogP contribution is 2.18. The van der Waals surface area contributed by atoms with E-state index in [4.69, 9.17) is 0 Å². The fourth-order valence-corrected chi connectivity index (χ4v) is 3.59. The molecule has 0 aliphatic heterocycles. The minimum Gasteiger partial charge on any atom is -0.271 e. The summed E-state index contributed by atoms with van der Waals surface area (Å²) in [5.74, 6) is -0.432. The van der Waals surface area contributed by atoms with Gasteiger partial charge in [0.25, 0.3) is 5.91 Å². The van der Waals surface area contributed by atoms with Gasteiger partial charge in [0, 0.05) is 5.71 Å². The molecule has 0 bridgehead atoms. The van der Waals surface area contributed by atoms with E-state index >= 15 is 0 Å². The first-order valence-corrected chi connectivity index (χ1v) is 10.1. The molecule has 0 aromatic heterocycles. The van der Waals surface area contributed by atoms with Crippen LogP contribution in [0, 0.1) is 6.92 Å². The Bertz CT molecular complexity index is 704. The van der Waals surface area contributed by atoms with Gasteiger partial charge in [0.2, 0.25) is 10.0 Å². The Morgan fingerprint density at radius 2 is 1.88 bits per heavy atom. The second-order valence-corrected chi connectivity index (χ2v) is 8.14. The van der Waals surface area contributed by atoms with Crippen LogP contribution < -0.4 is 9.73 Å². The summed E-state index contributed by atoms with van der Waals surface area (Å²) in [6.07, 6.45) is 7.47. The fraction of sp³-hybridized carbons (Fsp3) is 0.529. The number of carbonyl (C=O) groups is 1. The highest BCUT2D eigenvalue weighted by Gasteiger charge is 2.21. The van der Waals surface area contributed by atoms with Gasteiger partial charge in [0.15, 0.2) is 0 Å². The summed E-state index contributed by atoms with van der Waals surface area (Å²) in [6.45, 7) is 1.60. The number of anilines is 1. The average Bonchev–Trinajstić information content (AvgIpc) is 2.78. The summed E-state index contributed by atoms with van der Waals surface area (Å²) in [5.41, 5.74) is 4.91. The lowest BCUT2D eigenvalue weighted by Gasteiger charge is -2.21. The zero-order chi connectivity index (χ0) is 17.6. The van der Waals surface area contributed by atoms with Crippen LogP contribution in [0.25, 0.3) is 0 Å². The number of hydrogen-bond acceptors (Lipinski definition) is 4. The molecule has 0 atom stereocenters. The van der Waals surface area contributed by atoms with E-state index in [1.54, 1.807) is 18.2 Å². The number of nitrogens with zero attached hydrogens (tertiary/aromatic N) is 2. The Hall–Kier alpha value is -1.89. The first-order valence-electron chi connectivity index (χ1n) is 8.25. The maximum Gasteiger partial charge on any atom is 0.260 e. The number of sulfonamides is 1. The van der Waals surface area contributed by atoms with Crippen LogP contribution in [0.4, 0.5) is 5.69 Å². The fourth-order valence-electron chi connectivity index (χ4n) is 2.74. The molecule has 132 valence electrons. The first kappa shape index (κ1) is 18.4. The molecule has 0 heterocycles. The van der Waals surface area contributed by atoms with Crippen molar-refractivity contribution in [1.29, 1.82) is 0 Å². The summed E-state index contributed by atoms with van der Waals surface area (Å²) in [6, 6.07) is 7.07. The number of hydrogen-bond donors (Lipinski definition) is 1. The SMILES string of the molecule is Cc1cccc(N(CC(=O)NN=C2CCCCCC2)S(C)(=O)=O)c1. The molecule has 0 saturated heterocycles. The third-order valence-corrected chi connectivity index (χ3v) is 5.14. The number of amides is 1. The molecular formula is C17H25N3O3S. The van der Waals surface area contributed by atoms with E-state index in [0.717, 1.165) is 47.5 Å². The quantitative estimate of drug-likeness (QED) is 0.654. The molecule has 7 heteroatoms. The van der Waals surface area contributed by atoms with Crippen molar-refractivity contribution in [3.63, 3.8) is 0 Å². The molecule has 2 rings (SSSR count). The molecule has 1 saturated carbocycles. The third kappa shape index (κ3) is 5.63. The lowest BCUT2D eigenvalue weighted by Crippen LogP contribution is -2.39. The Labute approximate surface area is 144 Å². The molecular weight excluding hydrogens is 326 g/mol. The highest BCUT2D eigenvalue weighted by molar-refractivity contribution is 7.92. The maximum atomic E-state index is 12.2. The van der Waals surface area contributed by atoms with Crippen molar-refractivity contribution >= 4 is 27.3 Å². The Balaban J connectivity index is 2.06. The van der Waals surface area contributed by atoms with E-state index in [2.05, 4.69) is 10.5 Å². The van der Waals surface area contributed by atoms with Crippen molar-refractivity contribution in [1.82, 2.24) is 5.43 Å². The first-order chi connectivity index (χ1) is 11.4. The number of benzene rings is 1. The molecule has 1 aliphatic rings.